The molecule has 1 aliphatic rings. The van der Waals surface area contributed by atoms with Crippen LogP contribution in [0.4, 0.5) is 0 Å². The summed E-state index contributed by atoms with van der Waals surface area (Å²) in [6, 6.07) is 0. The molecule has 0 radical (unpaired) electrons. The van der Waals surface area contributed by atoms with Crippen LogP contribution in [0.5, 0.6) is 0 Å². The van der Waals surface area contributed by atoms with Crippen molar-refractivity contribution >= 4 is 8.32 Å². The Hall–Kier alpha value is -1.60. The largest absolute Gasteiger partial charge is 0.472 e. The van der Waals surface area contributed by atoms with Crippen LogP contribution < -0.4 is 11.2 Å². The second kappa shape index (κ2) is 5.79. The van der Waals surface area contributed by atoms with Gasteiger partial charge in [-0.3, -0.25) is 14.3 Å². The van der Waals surface area contributed by atoms with Crippen LogP contribution in [-0.4, -0.2) is 24.0 Å². The number of nitrogens with zero attached hydrogens (tertiary/aromatic N) is 1. The van der Waals surface area contributed by atoms with Crippen LogP contribution in [0.3, 0.4) is 0 Å². The van der Waals surface area contributed by atoms with Gasteiger partial charge in [-0.1, -0.05) is 27.4 Å². The van der Waals surface area contributed by atoms with Gasteiger partial charge < -0.3 is 9.16 Å². The number of hydrogen-bond donors (Lipinski definition) is 1. The minimum Gasteiger partial charge on any atom is -0.472 e. The Bertz CT molecular complexity index is 727. The van der Waals surface area contributed by atoms with Gasteiger partial charge in [0, 0.05) is 18.2 Å². The lowest BCUT2D eigenvalue weighted by atomic mass is 10.2. The Morgan fingerprint density at radius 3 is 2.57 bits per heavy atom. The first-order valence-corrected chi connectivity index (χ1v) is 10.7. The maximum Gasteiger partial charge on any atom is 0.331 e. The summed E-state index contributed by atoms with van der Waals surface area (Å²) in [5, 5.41) is 0.0801. The molecule has 0 aliphatic carbocycles. The molecule has 7 heteroatoms. The molecule has 128 valence electrons. The van der Waals surface area contributed by atoms with E-state index < -0.39 is 20.2 Å². The Labute approximate surface area is 137 Å². The quantitative estimate of drug-likeness (QED) is 0.860. The van der Waals surface area contributed by atoms with Gasteiger partial charge in [-0.25, -0.2) is 4.79 Å². The average Bonchev–Trinajstić information content (AvgIpc) is 2.73. The van der Waals surface area contributed by atoms with Crippen LogP contribution in [0.2, 0.25) is 18.1 Å². The molecule has 2 atom stereocenters. The normalized spacial score (nSPS) is 22.3. The summed E-state index contributed by atoms with van der Waals surface area (Å²) in [4.78, 5) is 25.8. The summed E-state index contributed by atoms with van der Waals surface area (Å²) < 4.78 is 13.5. The number of ether oxygens (including phenoxy) is 1. The van der Waals surface area contributed by atoms with Crippen LogP contribution in [0.1, 0.15) is 39.0 Å². The van der Waals surface area contributed by atoms with E-state index >= 15 is 0 Å². The van der Waals surface area contributed by atoms with Gasteiger partial charge in [-0.05, 0) is 25.1 Å². The van der Waals surface area contributed by atoms with Gasteiger partial charge in [0.1, 0.15) is 11.9 Å². The SMILES string of the molecule is C=C1O[C@@H](n2cc(C)c(=O)[nH]c2=O)C[C@H]1O[Si](C)(C)C(C)(C)C. The summed E-state index contributed by atoms with van der Waals surface area (Å²) >= 11 is 0. The van der Waals surface area contributed by atoms with E-state index in [0.717, 1.165) is 0 Å². The van der Waals surface area contributed by atoms with Gasteiger partial charge >= 0.3 is 5.69 Å². The van der Waals surface area contributed by atoms with Crippen molar-refractivity contribution in [3.05, 3.63) is 44.9 Å². The van der Waals surface area contributed by atoms with E-state index in [4.69, 9.17) is 9.16 Å². The number of hydrogen-bond acceptors (Lipinski definition) is 4. The lowest BCUT2D eigenvalue weighted by molar-refractivity contribution is 0.0933. The fourth-order valence-electron chi connectivity index (χ4n) is 2.23. The van der Waals surface area contributed by atoms with E-state index in [1.807, 2.05) is 0 Å². The number of aromatic nitrogens is 2. The van der Waals surface area contributed by atoms with Crippen LogP contribution in [-0.2, 0) is 9.16 Å². The van der Waals surface area contributed by atoms with Crippen molar-refractivity contribution in [2.75, 3.05) is 0 Å². The summed E-state index contributed by atoms with van der Waals surface area (Å²) in [6.07, 6.45) is 1.30. The van der Waals surface area contributed by atoms with Crippen molar-refractivity contribution in [1.29, 1.82) is 0 Å². The molecule has 2 heterocycles. The number of H-pyrrole nitrogens is 1. The Morgan fingerprint density at radius 1 is 1.39 bits per heavy atom. The van der Waals surface area contributed by atoms with Gasteiger partial charge in [0.25, 0.3) is 5.56 Å². The lowest BCUT2D eigenvalue weighted by Crippen LogP contribution is -2.43. The van der Waals surface area contributed by atoms with Gasteiger partial charge in [0.05, 0.1) is 0 Å². The third-order valence-electron chi connectivity index (χ3n) is 4.76. The first kappa shape index (κ1) is 17.7. The van der Waals surface area contributed by atoms with Crippen LogP contribution in [0.25, 0.3) is 0 Å². The molecule has 0 saturated carbocycles. The molecular weight excluding hydrogens is 312 g/mol. The monoisotopic (exact) mass is 338 g/mol. The van der Waals surface area contributed by atoms with Gasteiger partial charge in [-0.2, -0.15) is 0 Å². The zero-order valence-electron chi connectivity index (χ0n) is 14.7. The molecule has 0 spiro atoms. The van der Waals surface area contributed by atoms with Crippen LogP contribution >= 0.6 is 0 Å². The molecular formula is C16H26N2O4Si. The number of aromatic amines is 1. The van der Waals surface area contributed by atoms with E-state index in [9.17, 15) is 9.59 Å². The highest BCUT2D eigenvalue weighted by molar-refractivity contribution is 6.74. The zero-order chi connectivity index (χ0) is 17.6. The summed E-state index contributed by atoms with van der Waals surface area (Å²) in [5.41, 5.74) is -0.392. The molecule has 1 aromatic rings. The molecule has 1 saturated heterocycles. The van der Waals surface area contributed by atoms with E-state index in [1.165, 1.54) is 10.8 Å². The molecule has 1 N–H and O–H groups in total. The van der Waals surface area contributed by atoms with Crippen molar-refractivity contribution in [2.24, 2.45) is 0 Å². The fourth-order valence-corrected chi connectivity index (χ4v) is 3.52. The third-order valence-corrected chi connectivity index (χ3v) is 9.25. The number of rotatable bonds is 3. The maximum absolute atomic E-state index is 12.0. The van der Waals surface area contributed by atoms with Gasteiger partial charge in [-0.15, -0.1) is 0 Å². The highest BCUT2D eigenvalue weighted by atomic mass is 28.4. The van der Waals surface area contributed by atoms with E-state index in [0.29, 0.717) is 17.7 Å². The van der Waals surface area contributed by atoms with Crippen molar-refractivity contribution in [3.63, 3.8) is 0 Å². The molecule has 0 aromatic carbocycles. The summed E-state index contributed by atoms with van der Waals surface area (Å²) in [7, 11) is -1.96. The summed E-state index contributed by atoms with van der Waals surface area (Å²) in [5.74, 6) is 0.538. The van der Waals surface area contributed by atoms with Crippen LogP contribution in [0, 0.1) is 6.92 Å². The Balaban J connectivity index is 2.23. The highest BCUT2D eigenvalue weighted by Crippen LogP contribution is 2.41. The molecule has 0 bridgehead atoms. The fraction of sp³-hybridized carbons (Fsp3) is 0.625. The topological polar surface area (TPSA) is 73.3 Å². The van der Waals surface area contributed by atoms with E-state index in [2.05, 4.69) is 45.4 Å². The molecule has 0 unspecified atom stereocenters. The standard InChI is InChI=1S/C16H26N2O4Si/c1-10-9-18(15(20)17-14(10)19)13-8-12(11(2)21-13)22-23(6,7)16(3,4)5/h9,12-13H,2,8H2,1,3-7H3,(H,17,19,20)/t12-,13-/m1/s1. The van der Waals surface area contributed by atoms with Crippen molar-refractivity contribution < 1.29 is 9.16 Å². The third kappa shape index (κ3) is 3.50. The molecule has 1 fully saturated rings. The number of aryl methyl sites for hydroxylation is 1. The average molecular weight is 338 g/mol. The summed E-state index contributed by atoms with van der Waals surface area (Å²) in [6.45, 7) is 16.4. The lowest BCUT2D eigenvalue weighted by Gasteiger charge is -2.38. The molecule has 2 rings (SSSR count). The predicted molar refractivity (Wildman–Crippen MR) is 92.0 cm³/mol. The van der Waals surface area contributed by atoms with Crippen molar-refractivity contribution in [3.8, 4) is 0 Å². The molecule has 23 heavy (non-hydrogen) atoms. The minimum atomic E-state index is -1.96. The van der Waals surface area contributed by atoms with Gasteiger partial charge in [0.15, 0.2) is 14.5 Å². The predicted octanol–water partition coefficient (Wildman–Crippen LogP) is 2.67. The molecule has 1 aromatic heterocycles. The van der Waals surface area contributed by atoms with Crippen LogP contribution in [0.15, 0.2) is 28.1 Å². The first-order valence-electron chi connectivity index (χ1n) is 7.78. The zero-order valence-corrected chi connectivity index (χ0v) is 15.7. The second-order valence-corrected chi connectivity index (χ2v) is 12.4. The highest BCUT2D eigenvalue weighted by Gasteiger charge is 2.43. The number of nitrogens with one attached hydrogen (secondary N) is 1. The minimum absolute atomic E-state index is 0.0801. The van der Waals surface area contributed by atoms with Gasteiger partial charge in [0.2, 0.25) is 0 Å². The van der Waals surface area contributed by atoms with E-state index in [1.54, 1.807) is 6.92 Å². The maximum atomic E-state index is 12.0. The first-order chi connectivity index (χ1) is 10.4. The second-order valence-electron chi connectivity index (χ2n) is 7.62. The van der Waals surface area contributed by atoms with Crippen molar-refractivity contribution in [1.82, 2.24) is 9.55 Å². The van der Waals surface area contributed by atoms with E-state index in [-0.39, 0.29) is 16.7 Å². The smallest absolute Gasteiger partial charge is 0.331 e. The Morgan fingerprint density at radius 2 is 2.00 bits per heavy atom. The molecule has 1 aliphatic heterocycles. The Kier molecular flexibility index (Phi) is 4.47. The molecule has 0 amide bonds. The molecule has 6 nitrogen and oxygen atoms in total. The van der Waals surface area contributed by atoms with Crippen molar-refractivity contribution in [2.45, 2.75) is 64.6 Å².